The van der Waals surface area contributed by atoms with Crippen LogP contribution in [0.25, 0.3) is 0 Å². The fourth-order valence-electron chi connectivity index (χ4n) is 4.26. The lowest BCUT2D eigenvalue weighted by molar-refractivity contribution is -0.133. The SMILES string of the molecule is O=C(c1cn(C[C@@H]2C[C@H](F)CN2C(=O)C2CC2)nn1)N1CCc2ccccc21. The van der Waals surface area contributed by atoms with Crippen molar-refractivity contribution in [1.29, 1.82) is 0 Å². The van der Waals surface area contributed by atoms with Gasteiger partial charge in [-0.15, -0.1) is 5.10 Å². The maximum absolute atomic E-state index is 13.9. The Morgan fingerprint density at radius 3 is 2.86 bits per heavy atom. The Bertz CT molecular complexity index is 925. The van der Waals surface area contributed by atoms with Crippen LogP contribution >= 0.6 is 0 Å². The molecular weight excluding hydrogens is 361 g/mol. The van der Waals surface area contributed by atoms with E-state index in [4.69, 9.17) is 0 Å². The predicted octanol–water partition coefficient (Wildman–Crippen LogP) is 1.83. The molecule has 3 aliphatic rings. The monoisotopic (exact) mass is 383 g/mol. The van der Waals surface area contributed by atoms with E-state index in [0.29, 0.717) is 19.5 Å². The molecule has 0 radical (unpaired) electrons. The highest BCUT2D eigenvalue weighted by atomic mass is 19.1. The minimum atomic E-state index is -1.00. The summed E-state index contributed by atoms with van der Waals surface area (Å²) in [6.07, 6.45) is 3.54. The van der Waals surface area contributed by atoms with Crippen LogP contribution in [0, 0.1) is 5.92 Å². The Morgan fingerprint density at radius 1 is 1.21 bits per heavy atom. The molecule has 1 aromatic carbocycles. The number of halogens is 1. The first kappa shape index (κ1) is 17.3. The van der Waals surface area contributed by atoms with Gasteiger partial charge in [0, 0.05) is 24.6 Å². The quantitative estimate of drug-likeness (QED) is 0.808. The number of carbonyl (C=O) groups excluding carboxylic acids is 2. The fraction of sp³-hybridized carbons (Fsp3) is 0.500. The molecule has 5 rings (SSSR count). The number of aromatic nitrogens is 3. The summed E-state index contributed by atoms with van der Waals surface area (Å²) in [4.78, 5) is 28.7. The van der Waals surface area contributed by atoms with E-state index < -0.39 is 6.17 Å². The van der Waals surface area contributed by atoms with Crippen molar-refractivity contribution < 1.29 is 14.0 Å². The molecule has 7 nitrogen and oxygen atoms in total. The van der Waals surface area contributed by atoms with Crippen LogP contribution < -0.4 is 4.90 Å². The number of para-hydroxylation sites is 1. The van der Waals surface area contributed by atoms with Gasteiger partial charge >= 0.3 is 0 Å². The average Bonchev–Trinajstić information content (AvgIpc) is 3.12. The first-order chi connectivity index (χ1) is 13.6. The zero-order chi connectivity index (χ0) is 19.3. The van der Waals surface area contributed by atoms with Crippen molar-refractivity contribution in [2.24, 2.45) is 5.92 Å². The topological polar surface area (TPSA) is 71.3 Å². The van der Waals surface area contributed by atoms with Gasteiger partial charge in [0.05, 0.1) is 25.3 Å². The second-order valence-corrected chi connectivity index (χ2v) is 7.91. The number of nitrogens with zero attached hydrogens (tertiary/aromatic N) is 5. The Balaban J connectivity index is 1.30. The largest absolute Gasteiger partial charge is 0.335 e. The number of hydrogen-bond acceptors (Lipinski definition) is 4. The zero-order valence-corrected chi connectivity index (χ0v) is 15.5. The summed E-state index contributed by atoms with van der Waals surface area (Å²) in [5.74, 6) is -0.0666. The van der Waals surface area contributed by atoms with Crippen molar-refractivity contribution in [1.82, 2.24) is 19.9 Å². The van der Waals surface area contributed by atoms with E-state index in [9.17, 15) is 14.0 Å². The number of amides is 2. The number of carbonyl (C=O) groups is 2. The molecule has 2 aromatic rings. The molecule has 2 amide bonds. The molecule has 28 heavy (non-hydrogen) atoms. The van der Waals surface area contributed by atoms with Gasteiger partial charge in [-0.25, -0.2) is 9.07 Å². The van der Waals surface area contributed by atoms with Crippen LogP contribution in [0.4, 0.5) is 10.1 Å². The number of likely N-dealkylation sites (tertiary alicyclic amines) is 1. The van der Waals surface area contributed by atoms with Gasteiger partial charge in [-0.3, -0.25) is 9.59 Å². The summed E-state index contributed by atoms with van der Waals surface area (Å²) in [7, 11) is 0. The first-order valence-electron chi connectivity index (χ1n) is 9.84. The molecule has 2 atom stereocenters. The minimum absolute atomic E-state index is 0.0511. The van der Waals surface area contributed by atoms with Gasteiger partial charge in [-0.2, -0.15) is 0 Å². The van der Waals surface area contributed by atoms with Gasteiger partial charge in [0.25, 0.3) is 5.91 Å². The minimum Gasteiger partial charge on any atom is -0.335 e. The number of fused-ring (bicyclic) bond motifs is 1. The highest BCUT2D eigenvalue weighted by Crippen LogP contribution is 2.34. The van der Waals surface area contributed by atoms with Crippen LogP contribution in [0.3, 0.4) is 0 Å². The molecule has 3 heterocycles. The molecule has 0 unspecified atom stereocenters. The van der Waals surface area contributed by atoms with Crippen molar-refractivity contribution >= 4 is 17.5 Å². The molecule has 1 saturated carbocycles. The molecule has 8 heteroatoms. The Hall–Kier alpha value is -2.77. The van der Waals surface area contributed by atoms with Crippen LogP contribution in [-0.4, -0.2) is 57.0 Å². The van der Waals surface area contributed by atoms with Gasteiger partial charge in [0.1, 0.15) is 6.17 Å². The van der Waals surface area contributed by atoms with E-state index in [0.717, 1.165) is 30.5 Å². The third kappa shape index (κ3) is 3.06. The van der Waals surface area contributed by atoms with Crippen molar-refractivity contribution in [3.63, 3.8) is 0 Å². The summed E-state index contributed by atoms with van der Waals surface area (Å²) in [5.41, 5.74) is 2.34. The van der Waals surface area contributed by atoms with Crippen LogP contribution in [0.5, 0.6) is 0 Å². The maximum atomic E-state index is 13.9. The molecular formula is C20H22FN5O2. The highest BCUT2D eigenvalue weighted by Gasteiger charge is 2.41. The summed E-state index contributed by atoms with van der Waals surface area (Å²) in [6, 6.07) is 7.61. The first-order valence-corrected chi connectivity index (χ1v) is 9.84. The lowest BCUT2D eigenvalue weighted by Crippen LogP contribution is -2.39. The van der Waals surface area contributed by atoms with Crippen LogP contribution in [0.2, 0.25) is 0 Å². The van der Waals surface area contributed by atoms with E-state index in [1.165, 1.54) is 0 Å². The summed E-state index contributed by atoms with van der Waals surface area (Å²) in [6.45, 7) is 1.14. The van der Waals surface area contributed by atoms with Gasteiger partial charge in [-0.1, -0.05) is 23.4 Å². The smallest absolute Gasteiger partial charge is 0.280 e. The highest BCUT2D eigenvalue weighted by molar-refractivity contribution is 6.05. The summed E-state index contributed by atoms with van der Waals surface area (Å²) < 4.78 is 15.5. The Labute approximate surface area is 162 Å². The fourth-order valence-corrected chi connectivity index (χ4v) is 4.26. The predicted molar refractivity (Wildman–Crippen MR) is 99.6 cm³/mol. The number of hydrogen-bond donors (Lipinski definition) is 0. The lowest BCUT2D eigenvalue weighted by atomic mass is 10.2. The lowest BCUT2D eigenvalue weighted by Gasteiger charge is -2.24. The molecule has 146 valence electrons. The molecule has 0 bridgehead atoms. The van der Waals surface area contributed by atoms with Gasteiger partial charge in [0.15, 0.2) is 5.69 Å². The molecule has 2 fully saturated rings. The molecule has 1 aliphatic carbocycles. The van der Waals surface area contributed by atoms with Gasteiger partial charge < -0.3 is 9.80 Å². The molecule has 2 aliphatic heterocycles. The van der Waals surface area contributed by atoms with E-state index in [-0.39, 0.29) is 36.0 Å². The van der Waals surface area contributed by atoms with Crippen LogP contribution in [0.15, 0.2) is 30.5 Å². The second-order valence-electron chi connectivity index (χ2n) is 7.91. The number of rotatable bonds is 4. The third-order valence-electron chi connectivity index (χ3n) is 5.86. The van der Waals surface area contributed by atoms with Gasteiger partial charge in [-0.05, 0) is 30.9 Å². The molecule has 0 N–H and O–H groups in total. The maximum Gasteiger partial charge on any atom is 0.280 e. The van der Waals surface area contributed by atoms with E-state index in [1.54, 1.807) is 20.7 Å². The summed E-state index contributed by atoms with van der Waals surface area (Å²) >= 11 is 0. The zero-order valence-electron chi connectivity index (χ0n) is 15.5. The van der Waals surface area contributed by atoms with Crippen molar-refractivity contribution in [2.45, 2.75) is 44.4 Å². The Kier molecular flexibility index (Phi) is 4.14. The molecule has 1 aromatic heterocycles. The summed E-state index contributed by atoms with van der Waals surface area (Å²) in [5, 5.41) is 8.10. The normalized spacial score (nSPS) is 23.9. The van der Waals surface area contributed by atoms with Crippen molar-refractivity contribution in [3.05, 3.63) is 41.7 Å². The van der Waals surface area contributed by atoms with Crippen molar-refractivity contribution in [3.8, 4) is 0 Å². The standard InChI is InChI=1S/C20H22FN5O2/c21-15-9-16(26(10-15)19(27)14-5-6-14)11-24-12-17(22-23-24)20(28)25-8-7-13-3-1-2-4-18(13)25/h1-4,12,14-16H,5-11H2/t15-,16-/m0/s1. The van der Waals surface area contributed by atoms with Gasteiger partial charge in [0.2, 0.25) is 5.91 Å². The number of benzene rings is 1. The van der Waals surface area contributed by atoms with E-state index in [2.05, 4.69) is 10.3 Å². The van der Waals surface area contributed by atoms with E-state index in [1.807, 2.05) is 24.3 Å². The molecule has 0 spiro atoms. The number of alkyl halides is 1. The second kappa shape index (κ2) is 6.68. The Morgan fingerprint density at radius 2 is 2.04 bits per heavy atom. The van der Waals surface area contributed by atoms with Crippen molar-refractivity contribution in [2.75, 3.05) is 18.0 Å². The third-order valence-corrected chi connectivity index (χ3v) is 5.86. The number of anilines is 1. The molecule has 1 saturated heterocycles. The van der Waals surface area contributed by atoms with Crippen LogP contribution in [0.1, 0.15) is 35.3 Å². The van der Waals surface area contributed by atoms with Crippen LogP contribution in [-0.2, 0) is 17.8 Å². The average molecular weight is 383 g/mol. The van der Waals surface area contributed by atoms with E-state index >= 15 is 0 Å².